The lowest BCUT2D eigenvalue weighted by Crippen LogP contribution is -2.47. The smallest absolute Gasteiger partial charge is 0.319 e. The van der Waals surface area contributed by atoms with E-state index in [-0.39, 0.29) is 10.8 Å². The molecule has 10 nitrogen and oxygen atoms in total. The van der Waals surface area contributed by atoms with Gasteiger partial charge in [-0.05, 0) is 67.2 Å². The zero-order valence-electron chi connectivity index (χ0n) is 19.8. The highest BCUT2D eigenvalue weighted by Gasteiger charge is 2.21. The van der Waals surface area contributed by atoms with Crippen molar-refractivity contribution < 1.29 is 18.0 Å². The number of urea groups is 1. The summed E-state index contributed by atoms with van der Waals surface area (Å²) in [5.74, 6) is -0.104. The van der Waals surface area contributed by atoms with E-state index in [4.69, 9.17) is 0 Å². The second-order valence-corrected chi connectivity index (χ2v) is 10.2. The summed E-state index contributed by atoms with van der Waals surface area (Å²) in [4.78, 5) is 32.8. The van der Waals surface area contributed by atoms with E-state index in [0.717, 1.165) is 18.7 Å². The first-order valence-corrected chi connectivity index (χ1v) is 12.9. The average Bonchev–Trinajstić information content (AvgIpc) is 2.89. The van der Waals surface area contributed by atoms with Crippen LogP contribution in [0, 0.1) is 0 Å². The van der Waals surface area contributed by atoms with Crippen molar-refractivity contribution in [3.05, 3.63) is 84.2 Å². The zero-order chi connectivity index (χ0) is 25.5. The Morgan fingerprint density at radius 3 is 2.22 bits per heavy atom. The fourth-order valence-electron chi connectivity index (χ4n) is 3.66. The number of hydrogen-bond donors (Lipinski definition) is 3. The fraction of sp³-hybridized carbons (Fsp3) is 0.240. The molecule has 0 atom stereocenters. The minimum Gasteiger partial charge on any atom is -0.336 e. The Labute approximate surface area is 210 Å². The Kier molecular flexibility index (Phi) is 7.81. The molecule has 1 aromatic heterocycles. The van der Waals surface area contributed by atoms with Crippen molar-refractivity contribution in [2.75, 3.05) is 43.3 Å². The van der Waals surface area contributed by atoms with Gasteiger partial charge in [-0.1, -0.05) is 6.07 Å². The summed E-state index contributed by atoms with van der Waals surface area (Å²) in [5.41, 5.74) is 2.17. The van der Waals surface area contributed by atoms with E-state index in [2.05, 4.69) is 25.2 Å². The number of carbonyl (C=O) groups excluding carboxylic acids is 2. The molecule has 2 aromatic carbocycles. The first-order valence-electron chi connectivity index (χ1n) is 11.4. The third kappa shape index (κ3) is 6.58. The number of sulfonamides is 1. The molecule has 0 aliphatic carbocycles. The monoisotopic (exact) mass is 508 g/mol. The molecule has 3 amide bonds. The molecule has 4 rings (SSSR count). The highest BCUT2D eigenvalue weighted by molar-refractivity contribution is 7.92. The second-order valence-electron chi connectivity index (χ2n) is 8.47. The Hall–Kier alpha value is -3.96. The SMILES string of the molecule is CN1CCN(C(=O)c2ccc(S(=O)(=O)Nc3ccc(NC(=O)NCc4cccnc4)cc3)cc2)CC1. The molecule has 1 saturated heterocycles. The highest BCUT2D eigenvalue weighted by Crippen LogP contribution is 2.19. The van der Waals surface area contributed by atoms with Crippen LogP contribution in [0.15, 0.2) is 78.0 Å². The normalized spacial score (nSPS) is 14.2. The van der Waals surface area contributed by atoms with Gasteiger partial charge in [0.1, 0.15) is 0 Å². The van der Waals surface area contributed by atoms with Crippen LogP contribution in [0.3, 0.4) is 0 Å². The Balaban J connectivity index is 1.32. The highest BCUT2D eigenvalue weighted by atomic mass is 32.2. The van der Waals surface area contributed by atoms with E-state index in [1.54, 1.807) is 47.6 Å². The number of amides is 3. The van der Waals surface area contributed by atoms with Gasteiger partial charge in [-0.25, -0.2) is 13.2 Å². The molecule has 1 aliphatic heterocycles. The molecule has 0 bridgehead atoms. The molecule has 2 heterocycles. The molecule has 0 spiro atoms. The van der Waals surface area contributed by atoms with Crippen LogP contribution in [0.1, 0.15) is 15.9 Å². The Morgan fingerprint density at radius 2 is 1.58 bits per heavy atom. The molecule has 3 N–H and O–H groups in total. The van der Waals surface area contributed by atoms with Gasteiger partial charge in [-0.15, -0.1) is 0 Å². The number of nitrogens with zero attached hydrogens (tertiary/aromatic N) is 3. The maximum Gasteiger partial charge on any atom is 0.319 e. The van der Waals surface area contributed by atoms with Gasteiger partial charge in [0, 0.05) is 62.1 Å². The summed E-state index contributed by atoms with van der Waals surface area (Å²) in [5, 5.41) is 5.42. The third-order valence-corrected chi connectivity index (χ3v) is 7.17. The molecular weight excluding hydrogens is 480 g/mol. The second kappa shape index (κ2) is 11.2. The summed E-state index contributed by atoms with van der Waals surface area (Å²) in [6, 6.07) is 15.5. The summed E-state index contributed by atoms with van der Waals surface area (Å²) in [6.07, 6.45) is 3.32. The number of anilines is 2. The molecule has 36 heavy (non-hydrogen) atoms. The van der Waals surface area contributed by atoms with Crippen molar-refractivity contribution in [3.63, 3.8) is 0 Å². The van der Waals surface area contributed by atoms with Crippen molar-refractivity contribution in [2.45, 2.75) is 11.4 Å². The number of likely N-dealkylation sites (N-methyl/N-ethyl adjacent to an activating group) is 1. The number of nitrogens with one attached hydrogen (secondary N) is 3. The van der Waals surface area contributed by atoms with Gasteiger partial charge in [0.05, 0.1) is 4.90 Å². The van der Waals surface area contributed by atoms with E-state index >= 15 is 0 Å². The number of pyridine rings is 1. The number of hydrogen-bond acceptors (Lipinski definition) is 6. The van der Waals surface area contributed by atoms with Crippen LogP contribution in [-0.2, 0) is 16.6 Å². The predicted octanol–water partition coefficient (Wildman–Crippen LogP) is 2.59. The minimum absolute atomic E-state index is 0.0504. The molecule has 0 unspecified atom stereocenters. The van der Waals surface area contributed by atoms with Gasteiger partial charge >= 0.3 is 6.03 Å². The molecule has 3 aromatic rings. The Morgan fingerprint density at radius 1 is 0.917 bits per heavy atom. The van der Waals surface area contributed by atoms with E-state index < -0.39 is 16.1 Å². The number of piperazine rings is 1. The first-order chi connectivity index (χ1) is 17.3. The molecule has 1 aliphatic rings. The van der Waals surface area contributed by atoms with Gasteiger partial charge in [-0.2, -0.15) is 0 Å². The Bertz CT molecular complexity index is 1290. The zero-order valence-corrected chi connectivity index (χ0v) is 20.7. The van der Waals surface area contributed by atoms with Gasteiger partial charge in [0.25, 0.3) is 15.9 Å². The van der Waals surface area contributed by atoms with Gasteiger partial charge in [-0.3, -0.25) is 14.5 Å². The lowest BCUT2D eigenvalue weighted by molar-refractivity contribution is 0.0664. The largest absolute Gasteiger partial charge is 0.336 e. The van der Waals surface area contributed by atoms with Crippen molar-refractivity contribution in [2.24, 2.45) is 0 Å². The minimum atomic E-state index is -3.85. The van der Waals surface area contributed by atoms with Crippen molar-refractivity contribution in [1.82, 2.24) is 20.1 Å². The molecular formula is C25H28N6O4S. The van der Waals surface area contributed by atoms with E-state index in [0.29, 0.717) is 36.6 Å². The quantitative estimate of drug-likeness (QED) is 0.451. The third-order valence-electron chi connectivity index (χ3n) is 5.77. The summed E-state index contributed by atoms with van der Waals surface area (Å²) >= 11 is 0. The summed E-state index contributed by atoms with van der Waals surface area (Å²) in [7, 11) is -1.84. The molecule has 188 valence electrons. The van der Waals surface area contributed by atoms with Gasteiger partial charge < -0.3 is 20.4 Å². The topological polar surface area (TPSA) is 124 Å². The van der Waals surface area contributed by atoms with Crippen LogP contribution in [-0.4, -0.2) is 68.4 Å². The maximum atomic E-state index is 12.8. The van der Waals surface area contributed by atoms with Crippen molar-refractivity contribution in [3.8, 4) is 0 Å². The lowest BCUT2D eigenvalue weighted by atomic mass is 10.2. The van der Waals surface area contributed by atoms with Crippen LogP contribution >= 0.6 is 0 Å². The summed E-state index contributed by atoms with van der Waals surface area (Å²) < 4.78 is 28.1. The summed E-state index contributed by atoms with van der Waals surface area (Å²) in [6.45, 7) is 3.25. The van der Waals surface area contributed by atoms with E-state index in [1.807, 2.05) is 13.1 Å². The van der Waals surface area contributed by atoms with E-state index in [9.17, 15) is 18.0 Å². The number of aromatic nitrogens is 1. The van der Waals surface area contributed by atoms with Crippen LogP contribution in [0.25, 0.3) is 0 Å². The van der Waals surface area contributed by atoms with Crippen molar-refractivity contribution >= 4 is 33.3 Å². The van der Waals surface area contributed by atoms with Crippen molar-refractivity contribution in [1.29, 1.82) is 0 Å². The lowest BCUT2D eigenvalue weighted by Gasteiger charge is -2.32. The van der Waals surface area contributed by atoms with Gasteiger partial charge in [0.2, 0.25) is 0 Å². The fourth-order valence-corrected chi connectivity index (χ4v) is 4.72. The van der Waals surface area contributed by atoms with Crippen LogP contribution in [0.5, 0.6) is 0 Å². The standard InChI is InChI=1S/C25H28N6O4S/c1-30-13-15-31(16-14-30)24(32)20-4-10-23(11-5-20)36(34,35)29-22-8-6-21(7-9-22)28-25(33)27-18-19-3-2-12-26-17-19/h2-12,17,29H,13-16,18H2,1H3,(H2,27,28,33). The number of benzene rings is 2. The number of rotatable bonds is 7. The maximum absolute atomic E-state index is 12.8. The predicted molar refractivity (Wildman–Crippen MR) is 137 cm³/mol. The number of carbonyl (C=O) groups is 2. The van der Waals surface area contributed by atoms with E-state index in [1.165, 1.54) is 24.3 Å². The average molecular weight is 509 g/mol. The van der Waals surface area contributed by atoms with Crippen LogP contribution < -0.4 is 15.4 Å². The van der Waals surface area contributed by atoms with Gasteiger partial charge in [0.15, 0.2) is 0 Å². The molecule has 1 fully saturated rings. The molecule has 0 saturated carbocycles. The first kappa shape index (κ1) is 25.1. The molecule has 11 heteroatoms. The van der Waals surface area contributed by atoms with Crippen LogP contribution in [0.4, 0.5) is 16.2 Å². The van der Waals surface area contributed by atoms with Crippen LogP contribution in [0.2, 0.25) is 0 Å². The molecule has 0 radical (unpaired) electrons.